The zero-order valence-electron chi connectivity index (χ0n) is 16.4. The first kappa shape index (κ1) is 18.4. The molecule has 4 heteroatoms. The summed E-state index contributed by atoms with van der Waals surface area (Å²) in [6, 6.07) is 0.752. The van der Waals surface area contributed by atoms with Gasteiger partial charge >= 0.3 is 0 Å². The third kappa shape index (κ3) is 4.83. The van der Waals surface area contributed by atoms with E-state index in [9.17, 15) is 0 Å². The Labute approximate surface area is 159 Å². The van der Waals surface area contributed by atoms with E-state index in [4.69, 9.17) is 9.97 Å². The molecule has 144 valence electrons. The summed E-state index contributed by atoms with van der Waals surface area (Å²) in [5, 5.41) is 0. The molecule has 1 aliphatic carbocycles. The van der Waals surface area contributed by atoms with E-state index < -0.39 is 0 Å². The largest absolute Gasteiger partial charge is 0.303 e. The van der Waals surface area contributed by atoms with Gasteiger partial charge in [-0.1, -0.05) is 25.7 Å². The molecule has 3 fully saturated rings. The average molecular weight is 357 g/mol. The molecule has 3 heterocycles. The highest BCUT2D eigenvalue weighted by atomic mass is 15.2. The summed E-state index contributed by atoms with van der Waals surface area (Å²) in [6.07, 6.45) is 19.1. The molecule has 1 aromatic rings. The lowest BCUT2D eigenvalue weighted by atomic mass is 9.89. The fraction of sp³-hybridized carbons (Fsp3) is 0.818. The highest BCUT2D eigenvalue weighted by molar-refractivity contribution is 5.08. The molecule has 4 nitrogen and oxygen atoms in total. The normalized spacial score (nSPS) is 26.4. The van der Waals surface area contributed by atoms with E-state index in [-0.39, 0.29) is 0 Å². The van der Waals surface area contributed by atoms with Crippen molar-refractivity contribution in [1.29, 1.82) is 0 Å². The van der Waals surface area contributed by atoms with E-state index in [1.807, 2.05) is 0 Å². The van der Waals surface area contributed by atoms with Gasteiger partial charge < -0.3 is 4.90 Å². The molecule has 2 aliphatic heterocycles. The molecule has 0 amide bonds. The molecule has 2 saturated heterocycles. The van der Waals surface area contributed by atoms with Crippen molar-refractivity contribution in [2.45, 2.75) is 89.1 Å². The number of likely N-dealkylation sites (tertiary alicyclic amines) is 2. The Morgan fingerprint density at radius 2 is 1.50 bits per heavy atom. The number of rotatable bonds is 6. The van der Waals surface area contributed by atoms with Crippen LogP contribution in [-0.2, 0) is 6.54 Å². The second-order valence-corrected chi connectivity index (χ2v) is 8.74. The predicted octanol–water partition coefficient (Wildman–Crippen LogP) is 4.36. The molecule has 0 spiro atoms. The van der Waals surface area contributed by atoms with Crippen molar-refractivity contribution in [3.8, 4) is 0 Å². The van der Waals surface area contributed by atoms with Crippen LogP contribution in [0, 0.1) is 0 Å². The Kier molecular flexibility index (Phi) is 6.55. The van der Waals surface area contributed by atoms with Gasteiger partial charge in [-0.2, -0.15) is 0 Å². The summed E-state index contributed by atoms with van der Waals surface area (Å²) in [5.74, 6) is 1.71. The molecule has 26 heavy (non-hydrogen) atoms. The zero-order chi connectivity index (χ0) is 17.6. The van der Waals surface area contributed by atoms with E-state index >= 15 is 0 Å². The highest BCUT2D eigenvalue weighted by Crippen LogP contribution is 2.30. The lowest BCUT2D eigenvalue weighted by molar-refractivity contribution is 0.121. The number of hydrogen-bond acceptors (Lipinski definition) is 4. The standard InChI is InChI=1S/C22H36N4/c1-2-8-20(9-3-1)22-23-16-19(17-24-22)18-26-14-5-4-10-21(26)11-15-25-12-6-7-13-25/h16-17,20-21H,1-15,18H2/t21-/m1/s1. The van der Waals surface area contributed by atoms with Crippen LogP contribution >= 0.6 is 0 Å². The van der Waals surface area contributed by atoms with Gasteiger partial charge in [0, 0.05) is 36.5 Å². The van der Waals surface area contributed by atoms with Gasteiger partial charge in [-0.25, -0.2) is 9.97 Å². The Balaban J connectivity index is 1.31. The molecule has 0 bridgehead atoms. The number of nitrogens with zero attached hydrogens (tertiary/aromatic N) is 4. The number of hydrogen-bond donors (Lipinski definition) is 0. The van der Waals surface area contributed by atoms with Gasteiger partial charge in [0.2, 0.25) is 0 Å². The average Bonchev–Trinajstić information content (AvgIpc) is 3.22. The Morgan fingerprint density at radius 1 is 0.808 bits per heavy atom. The second kappa shape index (κ2) is 9.27. The van der Waals surface area contributed by atoms with Gasteiger partial charge in [0.15, 0.2) is 0 Å². The highest BCUT2D eigenvalue weighted by Gasteiger charge is 2.24. The quantitative estimate of drug-likeness (QED) is 0.758. The van der Waals surface area contributed by atoms with Gasteiger partial charge in [-0.3, -0.25) is 4.90 Å². The molecule has 0 N–H and O–H groups in total. The van der Waals surface area contributed by atoms with E-state index in [0.29, 0.717) is 5.92 Å². The van der Waals surface area contributed by atoms with E-state index in [0.717, 1.165) is 18.4 Å². The van der Waals surface area contributed by atoms with Crippen LogP contribution < -0.4 is 0 Å². The number of piperidine rings is 1. The van der Waals surface area contributed by atoms with E-state index in [1.165, 1.54) is 102 Å². The van der Waals surface area contributed by atoms with Crippen LogP contribution in [0.4, 0.5) is 0 Å². The predicted molar refractivity (Wildman–Crippen MR) is 106 cm³/mol. The van der Waals surface area contributed by atoms with Crippen LogP contribution in [0.15, 0.2) is 12.4 Å². The Hall–Kier alpha value is -1.00. The molecule has 0 unspecified atom stereocenters. The SMILES string of the molecule is c1nc(C2CCCCC2)ncc1CN1CCCC[C@@H]1CCN1CCCC1. The van der Waals surface area contributed by atoms with Gasteiger partial charge in [0.1, 0.15) is 5.82 Å². The summed E-state index contributed by atoms with van der Waals surface area (Å²) < 4.78 is 0. The molecule has 0 aromatic carbocycles. The van der Waals surface area contributed by atoms with Crippen LogP contribution in [-0.4, -0.2) is 52.0 Å². The van der Waals surface area contributed by atoms with E-state index in [1.54, 1.807) is 0 Å². The molecule has 1 aromatic heterocycles. The molecule has 1 saturated carbocycles. The van der Waals surface area contributed by atoms with Crippen LogP contribution in [0.2, 0.25) is 0 Å². The minimum Gasteiger partial charge on any atom is -0.303 e. The maximum atomic E-state index is 4.76. The Bertz CT molecular complexity index is 532. The van der Waals surface area contributed by atoms with Crippen LogP contribution in [0.3, 0.4) is 0 Å². The fourth-order valence-corrected chi connectivity index (χ4v) is 5.19. The summed E-state index contributed by atoms with van der Waals surface area (Å²) in [4.78, 5) is 14.9. The van der Waals surface area contributed by atoms with Crippen LogP contribution in [0.1, 0.15) is 87.9 Å². The maximum Gasteiger partial charge on any atom is 0.131 e. The summed E-state index contributed by atoms with van der Waals surface area (Å²) in [5.41, 5.74) is 1.30. The molecular weight excluding hydrogens is 320 g/mol. The third-order valence-electron chi connectivity index (χ3n) is 6.81. The van der Waals surface area contributed by atoms with Gasteiger partial charge in [-0.05, 0) is 71.1 Å². The van der Waals surface area contributed by atoms with Crippen molar-refractivity contribution < 1.29 is 0 Å². The third-order valence-corrected chi connectivity index (χ3v) is 6.81. The molecule has 1 atom stereocenters. The molecule has 3 aliphatic rings. The smallest absolute Gasteiger partial charge is 0.131 e. The maximum absolute atomic E-state index is 4.76. The molecule has 4 rings (SSSR count). The van der Waals surface area contributed by atoms with Crippen molar-refractivity contribution in [3.63, 3.8) is 0 Å². The second-order valence-electron chi connectivity index (χ2n) is 8.74. The minimum absolute atomic E-state index is 0.612. The first-order chi connectivity index (χ1) is 12.9. The van der Waals surface area contributed by atoms with Crippen LogP contribution in [0.5, 0.6) is 0 Å². The molecular formula is C22H36N4. The van der Waals surface area contributed by atoms with Crippen molar-refractivity contribution in [2.24, 2.45) is 0 Å². The summed E-state index contributed by atoms with van der Waals surface area (Å²) in [7, 11) is 0. The minimum atomic E-state index is 0.612. The lowest BCUT2D eigenvalue weighted by Crippen LogP contribution is -2.41. The first-order valence-electron chi connectivity index (χ1n) is 11.2. The summed E-state index contributed by atoms with van der Waals surface area (Å²) >= 11 is 0. The van der Waals surface area contributed by atoms with Crippen LogP contribution in [0.25, 0.3) is 0 Å². The monoisotopic (exact) mass is 356 g/mol. The van der Waals surface area contributed by atoms with Gasteiger partial charge in [-0.15, -0.1) is 0 Å². The first-order valence-corrected chi connectivity index (χ1v) is 11.2. The molecule has 0 radical (unpaired) electrons. The lowest BCUT2D eigenvalue weighted by Gasteiger charge is -2.36. The topological polar surface area (TPSA) is 32.3 Å². The summed E-state index contributed by atoms with van der Waals surface area (Å²) in [6.45, 7) is 6.22. The van der Waals surface area contributed by atoms with E-state index in [2.05, 4.69) is 22.2 Å². The van der Waals surface area contributed by atoms with Gasteiger partial charge in [0.25, 0.3) is 0 Å². The number of aromatic nitrogens is 2. The Morgan fingerprint density at radius 3 is 2.27 bits per heavy atom. The van der Waals surface area contributed by atoms with Crippen molar-refractivity contribution in [2.75, 3.05) is 26.2 Å². The van der Waals surface area contributed by atoms with Crippen molar-refractivity contribution >= 4 is 0 Å². The van der Waals surface area contributed by atoms with Crippen molar-refractivity contribution in [3.05, 3.63) is 23.8 Å². The zero-order valence-corrected chi connectivity index (χ0v) is 16.4. The fourth-order valence-electron chi connectivity index (χ4n) is 5.19. The van der Waals surface area contributed by atoms with Crippen molar-refractivity contribution in [1.82, 2.24) is 19.8 Å². The van der Waals surface area contributed by atoms with Gasteiger partial charge in [0.05, 0.1) is 0 Å².